The molecular formula is C15H23F3N2O4. The lowest BCUT2D eigenvalue weighted by molar-refractivity contribution is -0.187. The number of aliphatic carboxylic acids is 1. The van der Waals surface area contributed by atoms with Gasteiger partial charge in [0.2, 0.25) is 0 Å². The van der Waals surface area contributed by atoms with Gasteiger partial charge in [0.15, 0.2) is 0 Å². The lowest BCUT2D eigenvalue weighted by Gasteiger charge is -2.30. The summed E-state index contributed by atoms with van der Waals surface area (Å²) >= 11 is 0. The number of carboxylic acid groups (broad SMARTS) is 1. The molecule has 2 N–H and O–H groups in total. The highest BCUT2D eigenvalue weighted by molar-refractivity contribution is 5.77. The number of urea groups is 1. The van der Waals surface area contributed by atoms with E-state index >= 15 is 0 Å². The number of hydrogen-bond acceptors (Lipinski definition) is 3. The average molecular weight is 352 g/mol. The van der Waals surface area contributed by atoms with Crippen LogP contribution in [0.2, 0.25) is 0 Å². The van der Waals surface area contributed by atoms with E-state index in [9.17, 15) is 22.8 Å². The number of rotatable bonds is 5. The van der Waals surface area contributed by atoms with E-state index < -0.39 is 48.7 Å². The molecule has 0 unspecified atom stereocenters. The quantitative estimate of drug-likeness (QED) is 0.795. The predicted octanol–water partition coefficient (Wildman–Crippen LogP) is 2.24. The maximum Gasteiger partial charge on any atom is 0.394 e. The van der Waals surface area contributed by atoms with Gasteiger partial charge in [0, 0.05) is 26.2 Å². The largest absolute Gasteiger partial charge is 0.481 e. The molecule has 2 aliphatic rings. The summed E-state index contributed by atoms with van der Waals surface area (Å²) in [7, 11) is 0. The van der Waals surface area contributed by atoms with Crippen molar-refractivity contribution < 1.29 is 32.6 Å². The number of nitrogens with one attached hydrogen (secondary N) is 1. The van der Waals surface area contributed by atoms with Crippen LogP contribution in [0.25, 0.3) is 0 Å². The van der Waals surface area contributed by atoms with Gasteiger partial charge in [-0.2, -0.15) is 13.2 Å². The van der Waals surface area contributed by atoms with Crippen molar-refractivity contribution in [3.05, 3.63) is 0 Å². The van der Waals surface area contributed by atoms with Crippen LogP contribution in [0.4, 0.5) is 18.0 Å². The van der Waals surface area contributed by atoms with Crippen molar-refractivity contribution in [3.8, 4) is 0 Å². The molecule has 0 spiro atoms. The number of nitrogens with zero attached hydrogens (tertiary/aromatic N) is 1. The van der Waals surface area contributed by atoms with Gasteiger partial charge < -0.3 is 20.1 Å². The molecule has 0 aromatic heterocycles. The fraction of sp³-hybridized carbons (Fsp3) is 0.867. The first-order chi connectivity index (χ1) is 11.2. The number of halogens is 3. The molecule has 1 heterocycles. The van der Waals surface area contributed by atoms with Crippen LogP contribution in [-0.4, -0.2) is 60.0 Å². The minimum absolute atomic E-state index is 0.227. The lowest BCUT2D eigenvalue weighted by atomic mass is 9.96. The Morgan fingerprint density at radius 2 is 1.92 bits per heavy atom. The summed E-state index contributed by atoms with van der Waals surface area (Å²) < 4.78 is 44.6. The summed E-state index contributed by atoms with van der Waals surface area (Å²) in [5.74, 6) is -5.19. The minimum atomic E-state index is -4.64. The van der Waals surface area contributed by atoms with E-state index in [4.69, 9.17) is 9.84 Å². The molecule has 1 aliphatic carbocycles. The highest BCUT2D eigenvalue weighted by Crippen LogP contribution is 2.38. The monoisotopic (exact) mass is 352 g/mol. The van der Waals surface area contributed by atoms with Crippen molar-refractivity contribution in [3.63, 3.8) is 0 Å². The van der Waals surface area contributed by atoms with Gasteiger partial charge in [-0.15, -0.1) is 0 Å². The Morgan fingerprint density at radius 1 is 1.29 bits per heavy atom. The molecule has 138 valence electrons. The standard InChI is InChI=1S/C15H23F3N2O4/c1-2-24-14(5-3-4-6-14)9-19-13(23)20-7-10(12(21)22)11(8-20)15(16,17)18/h10-11H,2-9H2,1H3,(H,19,23)(H,21,22)/t10-,11-/m1/s1. The molecule has 1 saturated heterocycles. The topological polar surface area (TPSA) is 78.9 Å². The Balaban J connectivity index is 1.96. The first-order valence-corrected chi connectivity index (χ1v) is 8.15. The van der Waals surface area contributed by atoms with Crippen LogP contribution in [0.15, 0.2) is 0 Å². The number of alkyl halides is 3. The molecule has 0 bridgehead atoms. The van der Waals surface area contributed by atoms with Gasteiger partial charge in [0.1, 0.15) is 0 Å². The number of amides is 2. The van der Waals surface area contributed by atoms with Gasteiger partial charge in [-0.05, 0) is 19.8 Å². The van der Waals surface area contributed by atoms with Crippen molar-refractivity contribution in [1.82, 2.24) is 10.2 Å². The fourth-order valence-corrected chi connectivity index (χ4v) is 3.60. The lowest BCUT2D eigenvalue weighted by Crippen LogP contribution is -2.47. The number of carbonyl (C=O) groups excluding carboxylic acids is 1. The highest BCUT2D eigenvalue weighted by Gasteiger charge is 2.53. The van der Waals surface area contributed by atoms with E-state index in [-0.39, 0.29) is 6.54 Å². The van der Waals surface area contributed by atoms with Gasteiger partial charge in [-0.1, -0.05) is 12.8 Å². The zero-order valence-corrected chi connectivity index (χ0v) is 13.6. The molecule has 0 radical (unpaired) electrons. The first kappa shape index (κ1) is 18.8. The summed E-state index contributed by atoms with van der Waals surface area (Å²) in [6, 6.07) is -0.668. The van der Waals surface area contributed by atoms with Gasteiger partial charge in [-0.25, -0.2) is 4.79 Å². The summed E-state index contributed by atoms with van der Waals surface area (Å²) in [4.78, 5) is 24.2. The maximum absolute atomic E-state index is 13.0. The third-order valence-corrected chi connectivity index (χ3v) is 4.87. The Morgan fingerprint density at radius 3 is 2.38 bits per heavy atom. The highest BCUT2D eigenvalue weighted by atomic mass is 19.4. The van der Waals surface area contributed by atoms with E-state index in [0.717, 1.165) is 30.6 Å². The van der Waals surface area contributed by atoms with E-state index in [1.165, 1.54) is 0 Å². The maximum atomic E-state index is 13.0. The number of hydrogen-bond donors (Lipinski definition) is 2. The van der Waals surface area contributed by atoms with Crippen molar-refractivity contribution >= 4 is 12.0 Å². The molecule has 2 atom stereocenters. The van der Waals surface area contributed by atoms with Crippen LogP contribution in [-0.2, 0) is 9.53 Å². The molecule has 0 aromatic rings. The van der Waals surface area contributed by atoms with Crippen molar-refractivity contribution in [2.75, 3.05) is 26.2 Å². The van der Waals surface area contributed by atoms with E-state index in [1.54, 1.807) is 0 Å². The molecule has 2 rings (SSSR count). The van der Waals surface area contributed by atoms with Crippen molar-refractivity contribution in [2.24, 2.45) is 11.8 Å². The molecule has 2 fully saturated rings. The second-order valence-electron chi connectivity index (χ2n) is 6.48. The van der Waals surface area contributed by atoms with E-state index in [0.29, 0.717) is 6.61 Å². The van der Waals surface area contributed by atoms with Gasteiger partial charge in [0.25, 0.3) is 0 Å². The molecule has 0 aromatic carbocycles. The van der Waals surface area contributed by atoms with E-state index in [2.05, 4.69) is 5.32 Å². The molecule has 24 heavy (non-hydrogen) atoms. The van der Waals surface area contributed by atoms with Crippen LogP contribution in [0.1, 0.15) is 32.6 Å². The smallest absolute Gasteiger partial charge is 0.394 e. The van der Waals surface area contributed by atoms with Crippen LogP contribution in [0.3, 0.4) is 0 Å². The van der Waals surface area contributed by atoms with Crippen molar-refractivity contribution in [2.45, 2.75) is 44.4 Å². The summed E-state index contributed by atoms with van der Waals surface area (Å²) in [6.45, 7) is 1.51. The zero-order chi connectivity index (χ0) is 18.0. The van der Waals surface area contributed by atoms with Gasteiger partial charge in [0.05, 0.1) is 17.4 Å². The summed E-state index contributed by atoms with van der Waals surface area (Å²) in [6.07, 6.45) is -1.09. The summed E-state index contributed by atoms with van der Waals surface area (Å²) in [5.41, 5.74) is -0.459. The Hall–Kier alpha value is -1.51. The van der Waals surface area contributed by atoms with Crippen LogP contribution >= 0.6 is 0 Å². The second-order valence-corrected chi connectivity index (χ2v) is 6.48. The first-order valence-electron chi connectivity index (χ1n) is 8.15. The number of carbonyl (C=O) groups is 2. The SMILES string of the molecule is CCOC1(CNC(=O)N2C[C@@H](C(F)(F)F)[C@H](C(=O)O)C2)CCCC1. The van der Waals surface area contributed by atoms with Crippen LogP contribution < -0.4 is 5.32 Å². The van der Waals surface area contributed by atoms with Crippen molar-refractivity contribution in [1.29, 1.82) is 0 Å². The molecule has 1 saturated carbocycles. The molecule has 9 heteroatoms. The van der Waals surface area contributed by atoms with Crippen LogP contribution in [0.5, 0.6) is 0 Å². The third-order valence-electron chi connectivity index (χ3n) is 4.87. The second kappa shape index (κ2) is 7.16. The molecule has 6 nitrogen and oxygen atoms in total. The molecule has 1 aliphatic heterocycles. The summed E-state index contributed by atoms with van der Waals surface area (Å²) in [5, 5.41) is 11.6. The molecular weight excluding hydrogens is 329 g/mol. The Labute approximate surface area is 138 Å². The Bertz CT molecular complexity index is 478. The van der Waals surface area contributed by atoms with E-state index in [1.807, 2.05) is 6.92 Å². The normalized spacial score (nSPS) is 26.6. The van der Waals surface area contributed by atoms with Gasteiger partial charge in [-0.3, -0.25) is 4.79 Å². The predicted molar refractivity (Wildman–Crippen MR) is 78.5 cm³/mol. The van der Waals surface area contributed by atoms with Gasteiger partial charge >= 0.3 is 18.2 Å². The number of ether oxygens (including phenoxy) is 1. The zero-order valence-electron chi connectivity index (χ0n) is 13.6. The number of carboxylic acids is 1. The third kappa shape index (κ3) is 4.12. The minimum Gasteiger partial charge on any atom is -0.481 e. The van der Waals surface area contributed by atoms with Crippen LogP contribution in [0, 0.1) is 11.8 Å². The number of likely N-dealkylation sites (tertiary alicyclic amines) is 1. The fourth-order valence-electron chi connectivity index (χ4n) is 3.60. The Kier molecular flexibility index (Phi) is 5.62. The average Bonchev–Trinajstić information content (AvgIpc) is 3.12. The molecule has 2 amide bonds.